The first-order chi connectivity index (χ1) is 14.0. The van der Waals surface area contributed by atoms with Crippen LogP contribution >= 0.6 is 0 Å². The minimum absolute atomic E-state index is 0.130. The molecule has 3 amide bonds. The zero-order valence-electron chi connectivity index (χ0n) is 14.9. The Morgan fingerprint density at radius 1 is 1.07 bits per heavy atom. The first kappa shape index (κ1) is 18.4. The second kappa shape index (κ2) is 7.55. The third kappa shape index (κ3) is 3.98. The largest absolute Gasteiger partial charge is 0.353 e. The molecule has 1 aromatic heterocycles. The van der Waals surface area contributed by atoms with Gasteiger partial charge in [-0.1, -0.05) is 6.07 Å². The lowest BCUT2D eigenvalue weighted by atomic mass is 10.1. The Morgan fingerprint density at radius 2 is 1.93 bits per heavy atom. The van der Waals surface area contributed by atoms with E-state index in [1.54, 1.807) is 6.07 Å². The predicted octanol–water partition coefficient (Wildman–Crippen LogP) is 3.99. The minimum atomic E-state index is -0.597. The Hall–Kier alpha value is -4.01. The molecule has 0 aliphatic carbocycles. The van der Waals surface area contributed by atoms with Crippen LogP contribution in [-0.4, -0.2) is 16.9 Å². The number of carbonyl (C=O) groups is 2. The van der Waals surface area contributed by atoms with E-state index in [0.29, 0.717) is 17.1 Å². The average Bonchev–Trinajstić information content (AvgIpc) is 2.70. The van der Waals surface area contributed by atoms with E-state index in [1.807, 2.05) is 0 Å². The van der Waals surface area contributed by atoms with Crippen LogP contribution in [0.15, 0.2) is 54.7 Å². The molecule has 29 heavy (non-hydrogen) atoms. The first-order valence-corrected chi connectivity index (χ1v) is 8.66. The van der Waals surface area contributed by atoms with E-state index in [1.165, 1.54) is 36.5 Å². The van der Waals surface area contributed by atoms with Crippen LogP contribution in [0.1, 0.15) is 15.9 Å². The highest BCUT2D eigenvalue weighted by molar-refractivity contribution is 6.04. The van der Waals surface area contributed by atoms with Crippen molar-refractivity contribution in [3.63, 3.8) is 0 Å². The number of carbonyl (C=O) groups excluding carboxylic acids is 2. The van der Waals surface area contributed by atoms with Crippen molar-refractivity contribution in [3.8, 4) is 0 Å². The van der Waals surface area contributed by atoms with Crippen LogP contribution in [0.4, 0.5) is 36.5 Å². The molecular formula is C20H15F2N5O2. The van der Waals surface area contributed by atoms with Crippen LogP contribution < -0.4 is 21.3 Å². The molecule has 2 aromatic carbocycles. The van der Waals surface area contributed by atoms with Crippen molar-refractivity contribution in [2.45, 2.75) is 6.54 Å². The highest BCUT2D eigenvalue weighted by Crippen LogP contribution is 2.29. The monoisotopic (exact) mass is 395 g/mol. The first-order valence-electron chi connectivity index (χ1n) is 8.66. The van der Waals surface area contributed by atoms with Gasteiger partial charge in [0.2, 0.25) is 0 Å². The number of halogens is 2. The quantitative estimate of drug-likeness (QED) is 0.537. The molecule has 0 bridgehead atoms. The summed E-state index contributed by atoms with van der Waals surface area (Å²) in [5.74, 6) is -1.28. The molecule has 0 unspecified atom stereocenters. The maximum atomic E-state index is 14.6. The van der Waals surface area contributed by atoms with Crippen molar-refractivity contribution < 1.29 is 18.4 Å². The van der Waals surface area contributed by atoms with Crippen LogP contribution in [0, 0.1) is 11.6 Å². The Labute approximate surface area is 164 Å². The van der Waals surface area contributed by atoms with Crippen molar-refractivity contribution in [2.75, 3.05) is 16.0 Å². The van der Waals surface area contributed by atoms with Crippen LogP contribution in [-0.2, 0) is 6.54 Å². The van der Waals surface area contributed by atoms with Gasteiger partial charge in [0.05, 0.1) is 12.2 Å². The van der Waals surface area contributed by atoms with Crippen molar-refractivity contribution in [1.29, 1.82) is 0 Å². The SMILES string of the molecule is O=C1NCc2c(Nc3ccc(NC(=O)c4cccc(F)c4)cc3F)ccnc2N1. The second-order valence-corrected chi connectivity index (χ2v) is 6.28. The molecule has 0 saturated carbocycles. The fourth-order valence-electron chi connectivity index (χ4n) is 2.89. The Balaban J connectivity index is 1.52. The Morgan fingerprint density at radius 3 is 2.72 bits per heavy atom. The number of benzene rings is 2. The molecule has 0 radical (unpaired) electrons. The van der Waals surface area contributed by atoms with E-state index < -0.39 is 17.5 Å². The fourth-order valence-corrected chi connectivity index (χ4v) is 2.89. The topological polar surface area (TPSA) is 95.2 Å². The number of aromatic nitrogens is 1. The third-order valence-electron chi connectivity index (χ3n) is 4.30. The number of hydrogen-bond donors (Lipinski definition) is 4. The van der Waals surface area contributed by atoms with Crippen LogP contribution in [0.25, 0.3) is 0 Å². The molecule has 3 aromatic rings. The average molecular weight is 395 g/mol. The number of anilines is 4. The smallest absolute Gasteiger partial charge is 0.320 e. The van der Waals surface area contributed by atoms with Crippen molar-refractivity contribution in [3.05, 3.63) is 77.5 Å². The number of nitrogens with zero attached hydrogens (tertiary/aromatic N) is 1. The summed E-state index contributed by atoms with van der Waals surface area (Å²) in [7, 11) is 0. The van der Waals surface area contributed by atoms with E-state index in [-0.39, 0.29) is 29.5 Å². The van der Waals surface area contributed by atoms with Crippen molar-refractivity contribution in [2.24, 2.45) is 0 Å². The molecule has 0 spiro atoms. The van der Waals surface area contributed by atoms with Crippen LogP contribution in [0.2, 0.25) is 0 Å². The lowest BCUT2D eigenvalue weighted by Crippen LogP contribution is -2.34. The van der Waals surface area contributed by atoms with Gasteiger partial charge >= 0.3 is 6.03 Å². The lowest BCUT2D eigenvalue weighted by Gasteiger charge is -2.21. The number of nitrogens with one attached hydrogen (secondary N) is 4. The summed E-state index contributed by atoms with van der Waals surface area (Å²) in [6, 6.07) is 10.7. The van der Waals surface area contributed by atoms with Gasteiger partial charge in [0.15, 0.2) is 0 Å². The molecule has 4 rings (SSSR count). The molecule has 146 valence electrons. The van der Waals surface area contributed by atoms with Crippen molar-refractivity contribution >= 4 is 34.8 Å². The zero-order valence-corrected chi connectivity index (χ0v) is 14.9. The number of fused-ring (bicyclic) bond motifs is 1. The third-order valence-corrected chi connectivity index (χ3v) is 4.30. The number of urea groups is 1. The van der Waals surface area contributed by atoms with Gasteiger partial charge in [-0.05, 0) is 42.5 Å². The Bertz CT molecular complexity index is 1120. The maximum absolute atomic E-state index is 14.6. The lowest BCUT2D eigenvalue weighted by molar-refractivity contribution is 0.102. The fraction of sp³-hybridized carbons (Fsp3) is 0.0500. The van der Waals surface area contributed by atoms with Gasteiger partial charge < -0.3 is 16.0 Å². The predicted molar refractivity (Wildman–Crippen MR) is 104 cm³/mol. The van der Waals surface area contributed by atoms with Crippen LogP contribution in [0.5, 0.6) is 0 Å². The molecule has 0 fully saturated rings. The maximum Gasteiger partial charge on any atom is 0.320 e. The molecule has 0 saturated heterocycles. The summed E-state index contributed by atoms with van der Waals surface area (Å²) < 4.78 is 27.8. The molecule has 4 N–H and O–H groups in total. The van der Waals surface area contributed by atoms with Gasteiger partial charge in [0.1, 0.15) is 17.5 Å². The number of amides is 3. The van der Waals surface area contributed by atoms with E-state index in [4.69, 9.17) is 0 Å². The van der Waals surface area contributed by atoms with Gasteiger partial charge in [-0.25, -0.2) is 18.6 Å². The highest BCUT2D eigenvalue weighted by atomic mass is 19.1. The molecule has 9 heteroatoms. The summed E-state index contributed by atoms with van der Waals surface area (Å²) in [5, 5.41) is 10.7. The molecular weight excluding hydrogens is 380 g/mol. The van der Waals surface area contributed by atoms with E-state index in [0.717, 1.165) is 12.1 Å². The zero-order chi connectivity index (χ0) is 20.4. The second-order valence-electron chi connectivity index (χ2n) is 6.28. The van der Waals surface area contributed by atoms with E-state index in [9.17, 15) is 18.4 Å². The van der Waals surface area contributed by atoms with Gasteiger partial charge in [0.25, 0.3) is 5.91 Å². The van der Waals surface area contributed by atoms with Crippen LogP contribution in [0.3, 0.4) is 0 Å². The van der Waals surface area contributed by atoms with E-state index in [2.05, 4.69) is 26.3 Å². The molecule has 7 nitrogen and oxygen atoms in total. The molecule has 1 aliphatic heterocycles. The minimum Gasteiger partial charge on any atom is -0.353 e. The summed E-state index contributed by atoms with van der Waals surface area (Å²) in [6.07, 6.45) is 1.50. The van der Waals surface area contributed by atoms with Crippen molar-refractivity contribution in [1.82, 2.24) is 10.3 Å². The standard InChI is InChI=1S/C20H15F2N5O2/c21-12-3-1-2-11(8-12)19(28)25-13-4-5-17(15(22)9-13)26-16-6-7-23-18-14(16)10-24-20(29)27-18/h1-9H,10H2,(H,25,28)(H3,23,24,26,27,29). The Kier molecular flexibility index (Phi) is 4.78. The number of rotatable bonds is 4. The van der Waals surface area contributed by atoms with E-state index >= 15 is 0 Å². The van der Waals surface area contributed by atoms with Gasteiger partial charge in [-0.15, -0.1) is 0 Å². The van der Waals surface area contributed by atoms with Gasteiger partial charge in [0, 0.05) is 28.7 Å². The molecule has 2 heterocycles. The van der Waals surface area contributed by atoms with Gasteiger partial charge in [-0.2, -0.15) is 0 Å². The summed E-state index contributed by atoms with van der Waals surface area (Å²) in [4.78, 5) is 27.7. The van der Waals surface area contributed by atoms with Gasteiger partial charge in [-0.3, -0.25) is 10.1 Å². The number of hydrogen-bond acceptors (Lipinski definition) is 4. The summed E-state index contributed by atoms with van der Waals surface area (Å²) in [5.41, 5.74) is 1.81. The summed E-state index contributed by atoms with van der Waals surface area (Å²) >= 11 is 0. The summed E-state index contributed by atoms with van der Waals surface area (Å²) in [6.45, 7) is 0.251. The number of pyridine rings is 1. The molecule has 0 atom stereocenters. The molecule has 1 aliphatic rings. The highest BCUT2D eigenvalue weighted by Gasteiger charge is 2.19. The normalized spacial score (nSPS) is 12.4.